The Balaban J connectivity index is 1.81. The molecule has 3 aromatic rings. The fourth-order valence-corrected chi connectivity index (χ4v) is 3.22. The van der Waals surface area contributed by atoms with E-state index in [0.717, 1.165) is 6.20 Å². The molecule has 2 aromatic heterocycles. The van der Waals surface area contributed by atoms with Crippen LogP contribution in [0.15, 0.2) is 30.5 Å². The highest BCUT2D eigenvalue weighted by molar-refractivity contribution is 7.71. The third-order valence-electron chi connectivity index (χ3n) is 4.14. The van der Waals surface area contributed by atoms with Gasteiger partial charge in [-0.05, 0) is 43.4 Å². The molecule has 154 valence electrons. The molecule has 0 fully saturated rings. The molecule has 0 spiro atoms. The molecule has 7 nitrogen and oxygen atoms in total. The van der Waals surface area contributed by atoms with Crippen molar-refractivity contribution >= 4 is 29.7 Å². The molecule has 0 saturated heterocycles. The second-order valence-electron chi connectivity index (χ2n) is 5.99. The van der Waals surface area contributed by atoms with Crippen LogP contribution in [0.2, 0.25) is 5.02 Å². The minimum absolute atomic E-state index is 0.0852. The average molecular weight is 445 g/mol. The van der Waals surface area contributed by atoms with Gasteiger partial charge in [0, 0.05) is 24.5 Å². The van der Waals surface area contributed by atoms with Crippen LogP contribution in [0.25, 0.3) is 5.69 Å². The summed E-state index contributed by atoms with van der Waals surface area (Å²) in [6, 6.07) is 5.66. The third kappa shape index (κ3) is 4.51. The molecule has 3 rings (SSSR count). The number of alkyl halides is 3. The van der Waals surface area contributed by atoms with Gasteiger partial charge in [0.15, 0.2) is 10.5 Å². The smallest absolute Gasteiger partial charge is 0.351 e. The zero-order chi connectivity index (χ0) is 21.2. The van der Waals surface area contributed by atoms with E-state index in [-0.39, 0.29) is 12.2 Å². The van der Waals surface area contributed by atoms with Crippen molar-refractivity contribution in [1.82, 2.24) is 29.9 Å². The first-order chi connectivity index (χ1) is 13.7. The largest absolute Gasteiger partial charge is 0.434 e. The second kappa shape index (κ2) is 8.37. The fourth-order valence-electron chi connectivity index (χ4n) is 2.82. The van der Waals surface area contributed by atoms with E-state index in [2.05, 4.69) is 20.6 Å². The summed E-state index contributed by atoms with van der Waals surface area (Å²) in [6.45, 7) is 2.56. The van der Waals surface area contributed by atoms with Crippen molar-refractivity contribution in [2.75, 3.05) is 6.54 Å². The highest BCUT2D eigenvalue weighted by Gasteiger charge is 2.40. The van der Waals surface area contributed by atoms with Crippen LogP contribution in [0, 0.1) is 4.77 Å². The molecule has 1 aromatic carbocycles. The molecular weight excluding hydrogens is 429 g/mol. The van der Waals surface area contributed by atoms with E-state index in [1.807, 2.05) is 6.92 Å². The topological polar surface area (TPSA) is 80.5 Å². The minimum atomic E-state index is -4.78. The summed E-state index contributed by atoms with van der Waals surface area (Å²) >= 11 is 10.9. The number of carbonyl (C=O) groups is 1. The monoisotopic (exact) mass is 444 g/mol. The van der Waals surface area contributed by atoms with Crippen LogP contribution in [-0.4, -0.2) is 37.0 Å². The van der Waals surface area contributed by atoms with Gasteiger partial charge in [-0.25, -0.2) is 4.68 Å². The number of amides is 1. The molecule has 0 radical (unpaired) electrons. The lowest BCUT2D eigenvalue weighted by Crippen LogP contribution is -2.29. The lowest BCUT2D eigenvalue weighted by atomic mass is 10.2. The molecule has 0 aliphatic rings. The molecule has 0 aliphatic carbocycles. The Kier molecular flexibility index (Phi) is 6.08. The summed E-state index contributed by atoms with van der Waals surface area (Å²) in [5.41, 5.74) is -1.59. The van der Waals surface area contributed by atoms with Crippen molar-refractivity contribution in [3.8, 4) is 5.69 Å². The van der Waals surface area contributed by atoms with Crippen molar-refractivity contribution in [3.05, 3.63) is 57.3 Å². The van der Waals surface area contributed by atoms with Gasteiger partial charge < -0.3 is 9.88 Å². The molecule has 0 saturated carbocycles. The Bertz CT molecular complexity index is 1070. The maximum absolute atomic E-state index is 13.7. The van der Waals surface area contributed by atoms with E-state index < -0.39 is 23.3 Å². The van der Waals surface area contributed by atoms with E-state index >= 15 is 0 Å². The maximum Gasteiger partial charge on any atom is 0.434 e. The molecule has 0 aliphatic heterocycles. The molecule has 0 bridgehead atoms. The maximum atomic E-state index is 13.7. The fraction of sp³-hybridized carbons (Fsp3) is 0.294. The third-order valence-corrected chi connectivity index (χ3v) is 4.70. The number of hydrogen-bond donors (Lipinski definition) is 2. The summed E-state index contributed by atoms with van der Waals surface area (Å²) in [5.74, 6) is -0.277. The highest BCUT2D eigenvalue weighted by Crippen LogP contribution is 2.33. The van der Waals surface area contributed by atoms with Crippen molar-refractivity contribution < 1.29 is 18.0 Å². The molecule has 1 amide bonds. The van der Waals surface area contributed by atoms with E-state index in [1.165, 1.54) is 24.3 Å². The van der Waals surface area contributed by atoms with Crippen LogP contribution in [-0.2, 0) is 19.1 Å². The van der Waals surface area contributed by atoms with E-state index in [9.17, 15) is 18.0 Å². The highest BCUT2D eigenvalue weighted by atomic mass is 35.5. The molecule has 0 unspecified atom stereocenters. The number of carbonyl (C=O) groups excluding carboxylic acids is 1. The van der Waals surface area contributed by atoms with Crippen LogP contribution in [0.3, 0.4) is 0 Å². The van der Waals surface area contributed by atoms with Gasteiger partial charge in [-0.1, -0.05) is 11.6 Å². The molecule has 0 atom stereocenters. The van der Waals surface area contributed by atoms with Crippen molar-refractivity contribution in [3.63, 3.8) is 0 Å². The lowest BCUT2D eigenvalue weighted by molar-refractivity contribution is -0.143. The Hall–Kier alpha value is -2.66. The van der Waals surface area contributed by atoms with Crippen molar-refractivity contribution in [2.45, 2.75) is 26.1 Å². The van der Waals surface area contributed by atoms with E-state index in [0.29, 0.717) is 33.3 Å². The number of aromatic nitrogens is 5. The van der Waals surface area contributed by atoms with Crippen LogP contribution in [0.5, 0.6) is 0 Å². The summed E-state index contributed by atoms with van der Waals surface area (Å²) < 4.78 is 43.8. The van der Waals surface area contributed by atoms with Gasteiger partial charge in [0.2, 0.25) is 0 Å². The number of benzene rings is 1. The van der Waals surface area contributed by atoms with E-state index in [4.69, 9.17) is 23.8 Å². The minimum Gasteiger partial charge on any atom is -0.351 e. The molecule has 29 heavy (non-hydrogen) atoms. The lowest BCUT2D eigenvalue weighted by Gasteiger charge is -2.13. The van der Waals surface area contributed by atoms with Crippen LogP contribution in [0.4, 0.5) is 13.2 Å². The van der Waals surface area contributed by atoms with Crippen LogP contribution in [0.1, 0.15) is 28.8 Å². The average Bonchev–Trinajstić information content (AvgIpc) is 3.26. The predicted octanol–water partition coefficient (Wildman–Crippen LogP) is 3.79. The Morgan fingerprint density at radius 3 is 2.62 bits per heavy atom. The number of H-pyrrole nitrogens is 1. The number of aromatic amines is 1. The van der Waals surface area contributed by atoms with Gasteiger partial charge in [0.1, 0.15) is 5.82 Å². The summed E-state index contributed by atoms with van der Waals surface area (Å²) in [5, 5.41) is 13.3. The van der Waals surface area contributed by atoms with Crippen molar-refractivity contribution in [2.24, 2.45) is 0 Å². The first-order valence-electron chi connectivity index (χ1n) is 8.55. The quantitative estimate of drug-likeness (QED) is 0.567. The van der Waals surface area contributed by atoms with Gasteiger partial charge in [0.05, 0.1) is 17.4 Å². The first-order valence-corrected chi connectivity index (χ1v) is 9.34. The number of halogens is 4. The molecule has 2 heterocycles. The molecule has 12 heteroatoms. The second-order valence-corrected chi connectivity index (χ2v) is 6.81. The van der Waals surface area contributed by atoms with Crippen molar-refractivity contribution in [1.29, 1.82) is 0 Å². The first kappa shape index (κ1) is 21.1. The number of nitrogens with one attached hydrogen (secondary N) is 2. The SMILES string of the molecule is CCn1c(CCNC(=O)c2cnn(-c3ccc(Cl)cc3)c2C(F)(F)F)n[nH]c1=S. The zero-order valence-electron chi connectivity index (χ0n) is 15.1. The van der Waals surface area contributed by atoms with E-state index in [1.54, 1.807) is 4.57 Å². The number of hydrogen-bond acceptors (Lipinski definition) is 4. The normalized spacial score (nSPS) is 11.6. The Morgan fingerprint density at radius 2 is 2.00 bits per heavy atom. The van der Waals surface area contributed by atoms with Gasteiger partial charge in [0.25, 0.3) is 5.91 Å². The number of rotatable bonds is 6. The van der Waals surface area contributed by atoms with Gasteiger partial charge in [-0.15, -0.1) is 0 Å². The molecular formula is C17H16ClF3N6OS. The van der Waals surface area contributed by atoms with Crippen LogP contribution < -0.4 is 5.32 Å². The summed E-state index contributed by atoms with van der Waals surface area (Å²) in [4.78, 5) is 12.4. The summed E-state index contributed by atoms with van der Waals surface area (Å²) in [7, 11) is 0. The Labute approximate surface area is 173 Å². The zero-order valence-corrected chi connectivity index (χ0v) is 16.7. The standard InChI is InChI=1S/C17H16ClF3N6OS/c1-2-26-13(24-25-16(26)29)7-8-22-15(28)12-9-23-27(14(12)17(19,20)21)11-5-3-10(18)4-6-11/h3-6,9H,2,7-8H2,1H3,(H,22,28)(H,25,29). The summed E-state index contributed by atoms with van der Waals surface area (Å²) in [6.07, 6.45) is -3.58. The van der Waals surface area contributed by atoms with Gasteiger partial charge in [-0.3, -0.25) is 9.89 Å². The molecule has 2 N–H and O–H groups in total. The van der Waals surface area contributed by atoms with Gasteiger partial charge in [-0.2, -0.15) is 23.4 Å². The number of nitrogens with zero attached hydrogens (tertiary/aromatic N) is 4. The van der Waals surface area contributed by atoms with Gasteiger partial charge >= 0.3 is 6.18 Å². The Morgan fingerprint density at radius 1 is 1.31 bits per heavy atom. The van der Waals surface area contributed by atoms with Crippen LogP contribution >= 0.6 is 23.8 Å². The predicted molar refractivity (Wildman–Crippen MR) is 103 cm³/mol.